The lowest BCUT2D eigenvalue weighted by Gasteiger charge is -2.40. The topological polar surface area (TPSA) is 39.3 Å². The molecule has 3 heterocycles. The van der Waals surface area contributed by atoms with Crippen LogP contribution in [0.5, 0.6) is 0 Å². The van der Waals surface area contributed by atoms with Crippen LogP contribution >= 0.6 is 11.3 Å². The summed E-state index contributed by atoms with van der Waals surface area (Å²) in [6, 6.07) is 13.7. The van der Waals surface area contributed by atoms with Crippen LogP contribution in [0.2, 0.25) is 0 Å². The first-order valence-electron chi connectivity index (χ1n) is 9.83. The van der Waals surface area contributed by atoms with Gasteiger partial charge in [-0.25, -0.2) is 0 Å². The summed E-state index contributed by atoms with van der Waals surface area (Å²) in [6.45, 7) is 2.13. The summed E-state index contributed by atoms with van der Waals surface area (Å²) >= 11 is 1.67. The molecule has 2 aromatic heterocycles. The molecule has 5 rings (SSSR count). The highest BCUT2D eigenvalue weighted by atomic mass is 32.1. The van der Waals surface area contributed by atoms with Crippen LogP contribution in [0.15, 0.2) is 41.8 Å². The zero-order valence-corrected chi connectivity index (χ0v) is 16.5. The van der Waals surface area contributed by atoms with Gasteiger partial charge in [0, 0.05) is 25.7 Å². The number of nitrogens with one attached hydrogen (secondary N) is 1. The van der Waals surface area contributed by atoms with E-state index in [0.717, 1.165) is 49.0 Å². The van der Waals surface area contributed by atoms with Gasteiger partial charge in [0.1, 0.15) is 5.69 Å². The number of piperidine rings is 1. The Balaban J connectivity index is 1.28. The molecule has 140 valence electrons. The second kappa shape index (κ2) is 6.80. The van der Waals surface area contributed by atoms with Crippen LogP contribution in [0.1, 0.15) is 34.5 Å². The van der Waals surface area contributed by atoms with Crippen LogP contribution in [0.4, 0.5) is 0 Å². The van der Waals surface area contributed by atoms with Gasteiger partial charge in [0.05, 0.1) is 10.2 Å². The second-order valence-corrected chi connectivity index (χ2v) is 8.87. The smallest absolute Gasteiger partial charge is 0.270 e. The van der Waals surface area contributed by atoms with Crippen molar-refractivity contribution in [2.75, 3.05) is 20.1 Å². The Hall–Kier alpha value is -2.11. The van der Waals surface area contributed by atoms with E-state index in [9.17, 15) is 4.79 Å². The number of fused-ring (bicyclic) bond motifs is 2. The van der Waals surface area contributed by atoms with Gasteiger partial charge in [-0.15, -0.1) is 11.3 Å². The molecule has 1 aromatic carbocycles. The first kappa shape index (κ1) is 17.0. The summed E-state index contributed by atoms with van der Waals surface area (Å²) in [6.07, 6.45) is 4.54. The number of H-pyrrole nitrogens is 1. The molecule has 4 nitrogen and oxygen atoms in total. The highest BCUT2D eigenvalue weighted by molar-refractivity contribution is 7.17. The van der Waals surface area contributed by atoms with Gasteiger partial charge in [0.15, 0.2) is 0 Å². The van der Waals surface area contributed by atoms with Crippen molar-refractivity contribution in [1.29, 1.82) is 0 Å². The van der Waals surface area contributed by atoms with Crippen LogP contribution in [0.25, 0.3) is 10.2 Å². The number of carbonyl (C=O) groups is 1. The van der Waals surface area contributed by atoms with Crippen molar-refractivity contribution >= 4 is 27.5 Å². The van der Waals surface area contributed by atoms with Crippen LogP contribution in [-0.4, -0.2) is 52.9 Å². The molecular formula is C22H25N3OS. The Kier molecular flexibility index (Phi) is 4.29. The molecular weight excluding hydrogens is 354 g/mol. The SMILES string of the molecule is CN(C(=O)c1cc2sccc2[nH]1)[C@H]1CCCN(C2Cc3ccccc3C2)C1. The minimum atomic E-state index is 0.111. The number of likely N-dealkylation sites (N-methyl/N-ethyl adjacent to an activating group) is 1. The zero-order chi connectivity index (χ0) is 18.4. The average molecular weight is 380 g/mol. The van der Waals surface area contributed by atoms with Gasteiger partial charge in [-0.05, 0) is 60.9 Å². The van der Waals surface area contributed by atoms with Crippen LogP contribution in [0.3, 0.4) is 0 Å². The Morgan fingerprint density at radius 3 is 2.74 bits per heavy atom. The maximum atomic E-state index is 13.0. The lowest BCUT2D eigenvalue weighted by molar-refractivity contribution is 0.0551. The van der Waals surface area contributed by atoms with Gasteiger partial charge in [-0.1, -0.05) is 24.3 Å². The van der Waals surface area contributed by atoms with E-state index in [4.69, 9.17) is 0 Å². The number of amides is 1. The number of carbonyl (C=O) groups excluding carboxylic acids is 1. The minimum absolute atomic E-state index is 0.111. The highest BCUT2D eigenvalue weighted by Crippen LogP contribution is 2.29. The number of likely N-dealkylation sites (tertiary alicyclic amines) is 1. The molecule has 1 saturated heterocycles. The van der Waals surface area contributed by atoms with E-state index >= 15 is 0 Å². The number of nitrogens with zero attached hydrogens (tertiary/aromatic N) is 2. The summed E-state index contributed by atoms with van der Waals surface area (Å²) in [7, 11) is 1.97. The van der Waals surface area contributed by atoms with Gasteiger partial charge in [-0.2, -0.15) is 0 Å². The summed E-state index contributed by atoms with van der Waals surface area (Å²) < 4.78 is 1.15. The van der Waals surface area contributed by atoms with Crippen molar-refractivity contribution in [2.45, 2.75) is 37.8 Å². The van der Waals surface area contributed by atoms with Crippen LogP contribution < -0.4 is 0 Å². The molecule has 0 radical (unpaired) electrons. The van der Waals surface area contributed by atoms with E-state index in [1.54, 1.807) is 11.3 Å². The van der Waals surface area contributed by atoms with Gasteiger partial charge in [-0.3, -0.25) is 9.69 Å². The number of rotatable bonds is 3. The Labute approximate surface area is 163 Å². The van der Waals surface area contributed by atoms with E-state index in [1.807, 2.05) is 24.1 Å². The number of hydrogen-bond acceptors (Lipinski definition) is 3. The number of aromatic nitrogens is 1. The average Bonchev–Trinajstić information content (AvgIpc) is 3.40. The fourth-order valence-corrected chi connectivity index (χ4v) is 5.53. The highest BCUT2D eigenvalue weighted by Gasteiger charge is 2.33. The van der Waals surface area contributed by atoms with Gasteiger partial charge >= 0.3 is 0 Å². The Morgan fingerprint density at radius 2 is 2.00 bits per heavy atom. The first-order chi connectivity index (χ1) is 13.2. The fourth-order valence-electron chi connectivity index (χ4n) is 4.74. The Bertz CT molecular complexity index is 921. The van der Waals surface area contributed by atoms with Crippen molar-refractivity contribution in [3.63, 3.8) is 0 Å². The quantitative estimate of drug-likeness (QED) is 0.749. The largest absolute Gasteiger partial charge is 0.350 e. The molecule has 1 N–H and O–H groups in total. The standard InChI is InChI=1S/C22H25N3OS/c1-24(22(26)20-13-21-19(23-20)8-10-27-21)17-7-4-9-25(14-17)18-11-15-5-2-3-6-16(15)12-18/h2-3,5-6,8,10,13,17-18,23H,4,7,9,11-12,14H2,1H3/t17-/m0/s1. The van der Waals surface area contributed by atoms with Crippen molar-refractivity contribution in [3.8, 4) is 0 Å². The molecule has 1 aliphatic carbocycles. The molecule has 1 fully saturated rings. The maximum Gasteiger partial charge on any atom is 0.270 e. The lowest BCUT2D eigenvalue weighted by Crippen LogP contribution is -2.51. The van der Waals surface area contributed by atoms with E-state index in [1.165, 1.54) is 11.1 Å². The zero-order valence-electron chi connectivity index (χ0n) is 15.6. The normalized spacial score (nSPS) is 20.9. The summed E-state index contributed by atoms with van der Waals surface area (Å²) in [4.78, 5) is 20.9. The van der Waals surface area contributed by atoms with E-state index < -0.39 is 0 Å². The molecule has 1 atom stereocenters. The molecule has 27 heavy (non-hydrogen) atoms. The van der Waals surface area contributed by atoms with Crippen molar-refractivity contribution in [3.05, 3.63) is 58.6 Å². The number of benzene rings is 1. The predicted molar refractivity (Wildman–Crippen MR) is 111 cm³/mol. The van der Waals surface area contributed by atoms with Gasteiger partial charge in [0.25, 0.3) is 5.91 Å². The maximum absolute atomic E-state index is 13.0. The van der Waals surface area contributed by atoms with Crippen molar-refractivity contribution in [2.24, 2.45) is 0 Å². The van der Waals surface area contributed by atoms with E-state index in [-0.39, 0.29) is 11.9 Å². The van der Waals surface area contributed by atoms with E-state index in [2.05, 4.69) is 39.5 Å². The van der Waals surface area contributed by atoms with Crippen molar-refractivity contribution < 1.29 is 4.79 Å². The molecule has 0 saturated carbocycles. The van der Waals surface area contributed by atoms with Crippen LogP contribution in [0, 0.1) is 0 Å². The second-order valence-electron chi connectivity index (χ2n) is 7.92. The lowest BCUT2D eigenvalue weighted by atomic mass is 10.0. The summed E-state index contributed by atoms with van der Waals surface area (Å²) in [5.41, 5.74) is 4.77. The third-order valence-corrected chi connectivity index (χ3v) is 7.18. The molecule has 0 spiro atoms. The molecule has 0 bridgehead atoms. The molecule has 1 amide bonds. The third kappa shape index (κ3) is 3.09. The van der Waals surface area contributed by atoms with Gasteiger partial charge in [0.2, 0.25) is 0 Å². The summed E-state index contributed by atoms with van der Waals surface area (Å²) in [5.74, 6) is 0.111. The Morgan fingerprint density at radius 1 is 1.22 bits per heavy atom. The van der Waals surface area contributed by atoms with Crippen molar-refractivity contribution in [1.82, 2.24) is 14.8 Å². The number of aromatic amines is 1. The molecule has 0 unspecified atom stereocenters. The van der Waals surface area contributed by atoms with E-state index in [0.29, 0.717) is 11.7 Å². The molecule has 1 aliphatic heterocycles. The third-order valence-electron chi connectivity index (χ3n) is 6.31. The van der Waals surface area contributed by atoms with Crippen LogP contribution in [-0.2, 0) is 12.8 Å². The molecule has 2 aliphatic rings. The molecule has 5 heteroatoms. The number of thiophene rings is 1. The number of hydrogen-bond donors (Lipinski definition) is 1. The van der Waals surface area contributed by atoms with Gasteiger partial charge < -0.3 is 9.88 Å². The molecule has 3 aromatic rings. The summed E-state index contributed by atoms with van der Waals surface area (Å²) in [5, 5.41) is 2.05. The first-order valence-corrected chi connectivity index (χ1v) is 10.7. The monoisotopic (exact) mass is 379 g/mol. The predicted octanol–water partition coefficient (Wildman–Crippen LogP) is 3.93. The fraction of sp³-hybridized carbons (Fsp3) is 0.409. The minimum Gasteiger partial charge on any atom is -0.350 e.